The van der Waals surface area contributed by atoms with Gasteiger partial charge in [-0.2, -0.15) is 0 Å². The third-order valence-corrected chi connectivity index (χ3v) is 3.72. The van der Waals surface area contributed by atoms with E-state index in [9.17, 15) is 0 Å². The first-order valence-corrected chi connectivity index (χ1v) is 6.17. The van der Waals surface area contributed by atoms with Crippen molar-refractivity contribution < 1.29 is 0 Å². The van der Waals surface area contributed by atoms with Crippen molar-refractivity contribution in [2.24, 2.45) is 17.8 Å². The molecule has 1 aliphatic carbocycles. The van der Waals surface area contributed by atoms with Gasteiger partial charge in [0.2, 0.25) is 0 Å². The van der Waals surface area contributed by atoms with Gasteiger partial charge in [0, 0.05) is 5.38 Å². The summed E-state index contributed by atoms with van der Waals surface area (Å²) < 4.78 is 0. The summed E-state index contributed by atoms with van der Waals surface area (Å²) in [5.74, 6) is 2.46. The first-order valence-electron chi connectivity index (χ1n) is 5.73. The lowest BCUT2D eigenvalue weighted by Gasteiger charge is -2.30. The molecule has 0 spiro atoms. The zero-order valence-corrected chi connectivity index (χ0v) is 9.98. The summed E-state index contributed by atoms with van der Waals surface area (Å²) in [7, 11) is 0. The largest absolute Gasteiger partial charge is 0.123 e. The maximum absolute atomic E-state index is 6.42. The fraction of sp³-hybridized carbons (Fsp3) is 1.00. The quantitative estimate of drug-likeness (QED) is 0.593. The maximum atomic E-state index is 6.42. The first kappa shape index (κ1) is 11.4. The summed E-state index contributed by atoms with van der Waals surface area (Å²) >= 11 is 6.42. The monoisotopic (exact) mass is 202 g/mol. The van der Waals surface area contributed by atoms with E-state index < -0.39 is 0 Å². The fourth-order valence-corrected chi connectivity index (χ4v) is 3.04. The summed E-state index contributed by atoms with van der Waals surface area (Å²) in [5.41, 5.74) is 0. The molecule has 0 nitrogen and oxygen atoms in total. The Balaban J connectivity index is 2.32. The van der Waals surface area contributed by atoms with Gasteiger partial charge >= 0.3 is 0 Å². The molecule has 3 unspecified atom stereocenters. The van der Waals surface area contributed by atoms with Gasteiger partial charge in [-0.05, 0) is 37.0 Å². The topological polar surface area (TPSA) is 0 Å². The molecule has 0 aromatic carbocycles. The van der Waals surface area contributed by atoms with E-state index in [1.54, 1.807) is 0 Å². The van der Waals surface area contributed by atoms with Gasteiger partial charge in [-0.1, -0.05) is 33.6 Å². The van der Waals surface area contributed by atoms with Crippen LogP contribution in [0.5, 0.6) is 0 Å². The molecule has 0 aromatic heterocycles. The highest BCUT2D eigenvalue weighted by atomic mass is 35.5. The van der Waals surface area contributed by atoms with Crippen LogP contribution in [0, 0.1) is 17.8 Å². The molecule has 0 saturated heterocycles. The molecule has 1 saturated carbocycles. The van der Waals surface area contributed by atoms with Crippen LogP contribution in [0.25, 0.3) is 0 Å². The summed E-state index contributed by atoms with van der Waals surface area (Å²) in [6.07, 6.45) is 6.74. The third kappa shape index (κ3) is 3.89. The average Bonchev–Trinajstić information content (AvgIpc) is 2.03. The number of alkyl halides is 1. The van der Waals surface area contributed by atoms with Crippen molar-refractivity contribution in [2.75, 3.05) is 0 Å². The first-order chi connectivity index (χ1) is 6.09. The van der Waals surface area contributed by atoms with E-state index in [1.165, 1.54) is 32.1 Å². The van der Waals surface area contributed by atoms with Crippen LogP contribution in [0.3, 0.4) is 0 Å². The zero-order chi connectivity index (χ0) is 9.84. The van der Waals surface area contributed by atoms with Crippen LogP contribution < -0.4 is 0 Å². The van der Waals surface area contributed by atoms with Gasteiger partial charge in [0.1, 0.15) is 0 Å². The normalized spacial score (nSPS) is 32.1. The second-order valence-corrected chi connectivity index (χ2v) is 5.74. The minimum Gasteiger partial charge on any atom is -0.123 e. The predicted octanol–water partition coefficient (Wildman–Crippen LogP) is 4.47. The van der Waals surface area contributed by atoms with Crippen molar-refractivity contribution in [2.45, 2.75) is 58.3 Å². The second kappa shape index (κ2) is 5.24. The van der Waals surface area contributed by atoms with E-state index in [2.05, 4.69) is 20.8 Å². The molecule has 0 heterocycles. The van der Waals surface area contributed by atoms with Crippen molar-refractivity contribution in [1.29, 1.82) is 0 Å². The Kier molecular flexibility index (Phi) is 4.58. The van der Waals surface area contributed by atoms with Gasteiger partial charge in [0.25, 0.3) is 0 Å². The van der Waals surface area contributed by atoms with Crippen LogP contribution in [-0.2, 0) is 0 Å². The van der Waals surface area contributed by atoms with Crippen LogP contribution in [0.2, 0.25) is 0 Å². The average molecular weight is 203 g/mol. The molecule has 0 N–H and O–H groups in total. The third-order valence-electron chi connectivity index (χ3n) is 3.19. The summed E-state index contributed by atoms with van der Waals surface area (Å²) in [6, 6.07) is 0. The number of rotatable bonds is 3. The van der Waals surface area contributed by atoms with E-state index in [1.807, 2.05) is 0 Å². The van der Waals surface area contributed by atoms with Gasteiger partial charge in [-0.25, -0.2) is 0 Å². The van der Waals surface area contributed by atoms with Gasteiger partial charge in [0.05, 0.1) is 0 Å². The Morgan fingerprint density at radius 3 is 2.54 bits per heavy atom. The van der Waals surface area contributed by atoms with E-state index in [0.717, 1.165) is 17.8 Å². The van der Waals surface area contributed by atoms with Crippen molar-refractivity contribution in [1.82, 2.24) is 0 Å². The lowest BCUT2D eigenvalue weighted by atomic mass is 9.79. The molecular weight excluding hydrogens is 180 g/mol. The van der Waals surface area contributed by atoms with Gasteiger partial charge in [0.15, 0.2) is 0 Å². The van der Waals surface area contributed by atoms with E-state index in [-0.39, 0.29) is 0 Å². The summed E-state index contributed by atoms with van der Waals surface area (Å²) in [5, 5.41) is 0.433. The molecule has 13 heavy (non-hydrogen) atoms. The number of halogens is 1. The van der Waals surface area contributed by atoms with Gasteiger partial charge < -0.3 is 0 Å². The zero-order valence-electron chi connectivity index (χ0n) is 9.22. The number of hydrogen-bond donors (Lipinski definition) is 0. The van der Waals surface area contributed by atoms with Crippen LogP contribution >= 0.6 is 11.6 Å². The Morgan fingerprint density at radius 1 is 1.31 bits per heavy atom. The van der Waals surface area contributed by atoms with Crippen LogP contribution in [0.4, 0.5) is 0 Å². The minimum atomic E-state index is 0.433. The van der Waals surface area contributed by atoms with E-state index in [4.69, 9.17) is 11.6 Å². The Morgan fingerprint density at radius 2 is 2.00 bits per heavy atom. The Bertz CT molecular complexity index is 142. The predicted molar refractivity (Wildman–Crippen MR) is 60.2 cm³/mol. The van der Waals surface area contributed by atoms with E-state index >= 15 is 0 Å². The molecule has 1 rings (SSSR count). The molecule has 3 atom stereocenters. The highest BCUT2D eigenvalue weighted by molar-refractivity contribution is 6.20. The lowest BCUT2D eigenvalue weighted by molar-refractivity contribution is 0.262. The molecule has 78 valence electrons. The van der Waals surface area contributed by atoms with Crippen LogP contribution in [0.1, 0.15) is 52.9 Å². The Hall–Kier alpha value is 0.290. The highest BCUT2D eigenvalue weighted by Gasteiger charge is 2.25. The summed E-state index contributed by atoms with van der Waals surface area (Å²) in [6.45, 7) is 6.90. The lowest BCUT2D eigenvalue weighted by Crippen LogP contribution is -2.23. The van der Waals surface area contributed by atoms with Crippen molar-refractivity contribution in [3.05, 3.63) is 0 Å². The standard InChI is InChI=1S/C12H23Cl/c1-9(2)7-12(13)11-6-4-5-10(3)8-11/h9-12H,4-8H2,1-3H3. The molecular formula is C12H23Cl. The molecule has 0 radical (unpaired) electrons. The van der Waals surface area contributed by atoms with E-state index in [0.29, 0.717) is 5.38 Å². The van der Waals surface area contributed by atoms with Crippen molar-refractivity contribution >= 4 is 11.6 Å². The van der Waals surface area contributed by atoms with Gasteiger partial charge in [-0.3, -0.25) is 0 Å². The highest BCUT2D eigenvalue weighted by Crippen LogP contribution is 2.35. The smallest absolute Gasteiger partial charge is 0.0366 e. The van der Waals surface area contributed by atoms with Gasteiger partial charge in [-0.15, -0.1) is 11.6 Å². The molecule has 1 aliphatic rings. The number of hydrogen-bond acceptors (Lipinski definition) is 0. The SMILES string of the molecule is CC(C)CC(Cl)C1CCCC(C)C1. The Labute approximate surface area is 88.1 Å². The van der Waals surface area contributed by atoms with Crippen LogP contribution in [0.15, 0.2) is 0 Å². The molecule has 0 aliphatic heterocycles. The van der Waals surface area contributed by atoms with Crippen LogP contribution in [-0.4, -0.2) is 5.38 Å². The second-order valence-electron chi connectivity index (χ2n) is 5.18. The maximum Gasteiger partial charge on any atom is 0.0366 e. The molecule has 0 amide bonds. The summed E-state index contributed by atoms with van der Waals surface area (Å²) in [4.78, 5) is 0. The molecule has 0 aromatic rings. The molecule has 1 heteroatoms. The van der Waals surface area contributed by atoms with Crippen molar-refractivity contribution in [3.63, 3.8) is 0 Å². The molecule has 1 fully saturated rings. The fourth-order valence-electron chi connectivity index (χ4n) is 2.45. The van der Waals surface area contributed by atoms with Crippen molar-refractivity contribution in [3.8, 4) is 0 Å². The minimum absolute atomic E-state index is 0.433. The molecule has 0 bridgehead atoms.